The smallest absolute Gasteiger partial charge is 0.127 e. The summed E-state index contributed by atoms with van der Waals surface area (Å²) in [5.41, 5.74) is 1.27. The van der Waals surface area contributed by atoms with Crippen molar-refractivity contribution in [2.45, 2.75) is 13.3 Å². The van der Waals surface area contributed by atoms with Crippen molar-refractivity contribution in [2.75, 3.05) is 59.6 Å². The van der Waals surface area contributed by atoms with E-state index in [1.807, 2.05) is 12.1 Å². The lowest BCUT2D eigenvalue weighted by Gasteiger charge is -2.27. The van der Waals surface area contributed by atoms with Crippen molar-refractivity contribution in [1.82, 2.24) is 0 Å². The standard InChI is InChI=1S/C17H28N2O2/c1-3-16-6-4-5-7-17(16)21-15-14-20-13-12-19-10-8-18(2)9-11-19/h4-7H,3,8-15H2,1-2H3/p+2. The van der Waals surface area contributed by atoms with Gasteiger partial charge in [0.1, 0.15) is 45.1 Å². The molecule has 0 amide bonds. The molecule has 1 saturated heterocycles. The zero-order chi connectivity index (χ0) is 14.9. The van der Waals surface area contributed by atoms with Gasteiger partial charge in [0, 0.05) is 0 Å². The molecule has 0 bridgehead atoms. The van der Waals surface area contributed by atoms with Crippen LogP contribution in [-0.4, -0.2) is 59.6 Å². The number of rotatable bonds is 8. The molecule has 21 heavy (non-hydrogen) atoms. The van der Waals surface area contributed by atoms with E-state index in [0.717, 1.165) is 25.3 Å². The van der Waals surface area contributed by atoms with Crippen molar-refractivity contribution in [3.05, 3.63) is 29.8 Å². The summed E-state index contributed by atoms with van der Waals surface area (Å²) in [5, 5.41) is 0. The summed E-state index contributed by atoms with van der Waals surface area (Å²) in [6.07, 6.45) is 1.01. The Kier molecular flexibility index (Phi) is 7.00. The normalized spacial score (nSPS) is 22.2. The van der Waals surface area contributed by atoms with Gasteiger partial charge in [0.05, 0.1) is 20.3 Å². The highest BCUT2D eigenvalue weighted by Gasteiger charge is 2.18. The van der Waals surface area contributed by atoms with Crippen LogP contribution in [0.2, 0.25) is 0 Å². The van der Waals surface area contributed by atoms with Gasteiger partial charge in [-0.25, -0.2) is 0 Å². The van der Waals surface area contributed by atoms with Gasteiger partial charge in [-0.3, -0.25) is 0 Å². The number of aryl methyl sites for hydroxylation is 1. The zero-order valence-corrected chi connectivity index (χ0v) is 13.5. The molecule has 118 valence electrons. The molecule has 2 N–H and O–H groups in total. The molecule has 0 spiro atoms. The second-order valence-electron chi connectivity index (χ2n) is 5.88. The number of benzene rings is 1. The third kappa shape index (κ3) is 5.65. The Bertz CT molecular complexity index is 404. The first-order chi connectivity index (χ1) is 10.3. The average molecular weight is 294 g/mol. The summed E-state index contributed by atoms with van der Waals surface area (Å²) in [5.74, 6) is 0.997. The predicted octanol–water partition coefficient (Wildman–Crippen LogP) is -0.942. The first-order valence-electron chi connectivity index (χ1n) is 8.23. The van der Waals surface area contributed by atoms with Gasteiger partial charge < -0.3 is 19.3 Å². The Morgan fingerprint density at radius 3 is 2.52 bits per heavy atom. The summed E-state index contributed by atoms with van der Waals surface area (Å²) in [6, 6.07) is 8.24. The molecule has 1 aromatic rings. The molecule has 1 heterocycles. The monoisotopic (exact) mass is 294 g/mol. The van der Waals surface area contributed by atoms with Crippen LogP contribution in [0, 0.1) is 0 Å². The van der Waals surface area contributed by atoms with Crippen LogP contribution in [0.25, 0.3) is 0 Å². The van der Waals surface area contributed by atoms with Crippen molar-refractivity contribution in [3.8, 4) is 5.75 Å². The van der Waals surface area contributed by atoms with Crippen molar-refractivity contribution in [3.63, 3.8) is 0 Å². The molecule has 0 saturated carbocycles. The average Bonchev–Trinajstić information content (AvgIpc) is 2.53. The molecule has 0 aliphatic carbocycles. The third-order valence-corrected chi connectivity index (χ3v) is 4.25. The predicted molar refractivity (Wildman–Crippen MR) is 84.3 cm³/mol. The van der Waals surface area contributed by atoms with E-state index in [9.17, 15) is 0 Å². The third-order valence-electron chi connectivity index (χ3n) is 4.25. The summed E-state index contributed by atoms with van der Waals surface area (Å²) >= 11 is 0. The lowest BCUT2D eigenvalue weighted by atomic mass is 10.1. The maximum absolute atomic E-state index is 5.80. The summed E-state index contributed by atoms with van der Waals surface area (Å²) in [4.78, 5) is 3.33. The van der Waals surface area contributed by atoms with Gasteiger partial charge in [0.2, 0.25) is 0 Å². The molecular formula is C17H30N2O2+2. The number of likely N-dealkylation sites (N-methyl/N-ethyl adjacent to an activating group) is 1. The Hall–Kier alpha value is -1.10. The summed E-state index contributed by atoms with van der Waals surface area (Å²) in [7, 11) is 2.28. The fraction of sp³-hybridized carbons (Fsp3) is 0.647. The SMILES string of the molecule is CCc1ccccc1OCCOCC[NH+]1CC[NH+](C)CC1. The minimum absolute atomic E-state index is 0.638. The van der Waals surface area contributed by atoms with Gasteiger partial charge in [0.15, 0.2) is 0 Å². The van der Waals surface area contributed by atoms with Crippen LogP contribution in [0.1, 0.15) is 12.5 Å². The van der Waals surface area contributed by atoms with E-state index in [2.05, 4.69) is 26.1 Å². The van der Waals surface area contributed by atoms with Crippen LogP contribution in [0.5, 0.6) is 5.75 Å². The summed E-state index contributed by atoms with van der Waals surface area (Å²) in [6.45, 7) is 10.5. The zero-order valence-electron chi connectivity index (χ0n) is 13.5. The fourth-order valence-corrected chi connectivity index (χ4v) is 2.75. The Morgan fingerprint density at radius 1 is 1.00 bits per heavy atom. The number of para-hydroxylation sites is 1. The van der Waals surface area contributed by atoms with E-state index in [0.29, 0.717) is 13.2 Å². The van der Waals surface area contributed by atoms with Crippen LogP contribution >= 0.6 is 0 Å². The first kappa shape index (κ1) is 16.3. The number of piperazine rings is 1. The minimum Gasteiger partial charge on any atom is -0.491 e. The van der Waals surface area contributed by atoms with Crippen molar-refractivity contribution in [2.24, 2.45) is 0 Å². The molecule has 4 heteroatoms. The molecule has 4 nitrogen and oxygen atoms in total. The van der Waals surface area contributed by atoms with Gasteiger partial charge in [0.25, 0.3) is 0 Å². The van der Waals surface area contributed by atoms with Crippen molar-refractivity contribution < 1.29 is 19.3 Å². The second-order valence-corrected chi connectivity index (χ2v) is 5.88. The number of hydrogen-bond donors (Lipinski definition) is 2. The Morgan fingerprint density at radius 2 is 1.76 bits per heavy atom. The van der Waals surface area contributed by atoms with Gasteiger partial charge in [-0.2, -0.15) is 0 Å². The topological polar surface area (TPSA) is 27.3 Å². The molecule has 1 fully saturated rings. The van der Waals surface area contributed by atoms with Crippen LogP contribution < -0.4 is 14.5 Å². The highest BCUT2D eigenvalue weighted by molar-refractivity contribution is 5.33. The van der Waals surface area contributed by atoms with E-state index < -0.39 is 0 Å². The van der Waals surface area contributed by atoms with Crippen LogP contribution in [0.4, 0.5) is 0 Å². The molecule has 0 aromatic heterocycles. The number of ether oxygens (including phenoxy) is 2. The molecular weight excluding hydrogens is 264 g/mol. The highest BCUT2D eigenvalue weighted by Crippen LogP contribution is 2.17. The van der Waals surface area contributed by atoms with E-state index >= 15 is 0 Å². The first-order valence-corrected chi connectivity index (χ1v) is 8.23. The quantitative estimate of drug-likeness (QED) is 0.606. The number of quaternary nitrogens is 2. The fourth-order valence-electron chi connectivity index (χ4n) is 2.75. The Labute approximate surface area is 128 Å². The lowest BCUT2D eigenvalue weighted by molar-refractivity contribution is -1.00. The van der Waals surface area contributed by atoms with Gasteiger partial charge in [-0.15, -0.1) is 0 Å². The molecule has 1 aliphatic heterocycles. The number of hydrogen-bond acceptors (Lipinski definition) is 2. The largest absolute Gasteiger partial charge is 0.491 e. The molecule has 0 unspecified atom stereocenters. The van der Waals surface area contributed by atoms with Crippen LogP contribution in [0.15, 0.2) is 24.3 Å². The van der Waals surface area contributed by atoms with Gasteiger partial charge in [-0.1, -0.05) is 25.1 Å². The lowest BCUT2D eigenvalue weighted by Crippen LogP contribution is -3.27. The van der Waals surface area contributed by atoms with Crippen molar-refractivity contribution in [1.29, 1.82) is 0 Å². The maximum Gasteiger partial charge on any atom is 0.127 e. The Balaban J connectivity index is 1.54. The van der Waals surface area contributed by atoms with Gasteiger partial charge in [-0.05, 0) is 18.1 Å². The van der Waals surface area contributed by atoms with Gasteiger partial charge >= 0.3 is 0 Å². The van der Waals surface area contributed by atoms with Crippen molar-refractivity contribution >= 4 is 0 Å². The molecule has 1 aliphatic rings. The highest BCUT2D eigenvalue weighted by atomic mass is 16.5. The summed E-state index contributed by atoms with van der Waals surface area (Å²) < 4.78 is 11.5. The molecule has 1 aromatic carbocycles. The molecule has 0 radical (unpaired) electrons. The van der Waals surface area contributed by atoms with Crippen LogP contribution in [0.3, 0.4) is 0 Å². The number of nitrogens with one attached hydrogen (secondary N) is 2. The van der Waals surface area contributed by atoms with E-state index in [-0.39, 0.29) is 0 Å². The molecule has 0 atom stereocenters. The molecule has 2 rings (SSSR count). The van der Waals surface area contributed by atoms with Crippen LogP contribution in [-0.2, 0) is 11.2 Å². The van der Waals surface area contributed by atoms with E-state index in [1.165, 1.54) is 31.7 Å². The minimum atomic E-state index is 0.638. The van der Waals surface area contributed by atoms with E-state index in [1.54, 1.807) is 9.80 Å². The van der Waals surface area contributed by atoms with E-state index in [4.69, 9.17) is 9.47 Å². The maximum atomic E-state index is 5.80. The second kappa shape index (κ2) is 9.03.